The van der Waals surface area contributed by atoms with Crippen molar-refractivity contribution in [3.63, 3.8) is 0 Å². The van der Waals surface area contributed by atoms with Gasteiger partial charge in [0.25, 0.3) is 0 Å². The highest BCUT2D eigenvalue weighted by Gasteiger charge is 2.10. The molecule has 0 radical (unpaired) electrons. The summed E-state index contributed by atoms with van der Waals surface area (Å²) in [6.07, 6.45) is 1.63. The van der Waals surface area contributed by atoms with Gasteiger partial charge in [-0.1, -0.05) is 71.7 Å². The molecule has 0 unspecified atom stereocenters. The van der Waals surface area contributed by atoms with Crippen LogP contribution in [-0.4, -0.2) is 11.1 Å². The van der Waals surface area contributed by atoms with Crippen molar-refractivity contribution >= 4 is 40.8 Å². The van der Waals surface area contributed by atoms with Crippen LogP contribution < -0.4 is 4.74 Å². The second-order valence-corrected chi connectivity index (χ2v) is 6.60. The lowest BCUT2D eigenvalue weighted by Gasteiger charge is -2.10. The maximum absolute atomic E-state index is 11.6. The Kier molecular flexibility index (Phi) is 6.17. The van der Waals surface area contributed by atoms with Crippen molar-refractivity contribution in [1.82, 2.24) is 0 Å². The second kappa shape index (κ2) is 8.76. The second-order valence-electron chi connectivity index (χ2n) is 5.79. The Morgan fingerprint density at radius 3 is 2.11 bits per heavy atom. The molecule has 0 saturated carbocycles. The minimum atomic E-state index is -0.977. The maximum Gasteiger partial charge on any atom is 0.336 e. The molecule has 136 valence electrons. The predicted molar refractivity (Wildman–Crippen MR) is 109 cm³/mol. The quantitative estimate of drug-likeness (QED) is 0.397. The number of carboxylic acid groups (broad SMARTS) is 1. The van der Waals surface area contributed by atoms with Crippen LogP contribution in [0.15, 0.2) is 72.8 Å². The topological polar surface area (TPSA) is 46.5 Å². The lowest BCUT2D eigenvalue weighted by atomic mass is 10.0. The van der Waals surface area contributed by atoms with Crippen LogP contribution in [0.2, 0.25) is 10.0 Å². The lowest BCUT2D eigenvalue weighted by Crippen LogP contribution is -1.99. The summed E-state index contributed by atoms with van der Waals surface area (Å²) in [6, 6.07) is 21.5. The molecule has 1 N–H and O–H groups in total. The Morgan fingerprint density at radius 2 is 1.52 bits per heavy atom. The zero-order valence-corrected chi connectivity index (χ0v) is 15.7. The van der Waals surface area contributed by atoms with E-state index in [-0.39, 0.29) is 12.2 Å². The fourth-order valence-electron chi connectivity index (χ4n) is 2.54. The van der Waals surface area contributed by atoms with Gasteiger partial charge in [0.05, 0.1) is 5.57 Å². The fraction of sp³-hybridized carbons (Fsp3) is 0.0455. The Morgan fingerprint density at radius 1 is 0.889 bits per heavy atom. The summed E-state index contributed by atoms with van der Waals surface area (Å²) in [5.41, 5.74) is 2.37. The van der Waals surface area contributed by atoms with Crippen LogP contribution in [0.1, 0.15) is 16.7 Å². The Balaban J connectivity index is 1.76. The number of halogens is 2. The molecule has 3 nitrogen and oxygen atoms in total. The van der Waals surface area contributed by atoms with Crippen molar-refractivity contribution in [1.29, 1.82) is 0 Å². The first-order valence-corrected chi connectivity index (χ1v) is 8.96. The number of benzene rings is 3. The summed E-state index contributed by atoms with van der Waals surface area (Å²) in [7, 11) is 0. The third-order valence-corrected chi connectivity index (χ3v) is 4.66. The van der Waals surface area contributed by atoms with Gasteiger partial charge in [0.2, 0.25) is 0 Å². The highest BCUT2D eigenvalue weighted by molar-refractivity contribution is 6.35. The number of hydrogen-bond donors (Lipinski definition) is 1. The van der Waals surface area contributed by atoms with E-state index in [1.165, 1.54) is 0 Å². The van der Waals surface area contributed by atoms with E-state index < -0.39 is 5.97 Å². The maximum atomic E-state index is 11.6. The summed E-state index contributed by atoms with van der Waals surface area (Å²) in [4.78, 5) is 11.6. The molecule has 3 aromatic carbocycles. The fourth-order valence-corrected chi connectivity index (χ4v) is 3.05. The van der Waals surface area contributed by atoms with E-state index in [1.807, 2.05) is 18.2 Å². The van der Waals surface area contributed by atoms with Crippen LogP contribution >= 0.6 is 23.2 Å². The molecule has 0 spiro atoms. The van der Waals surface area contributed by atoms with Gasteiger partial charge in [0.1, 0.15) is 12.4 Å². The molecule has 0 atom stereocenters. The van der Waals surface area contributed by atoms with E-state index in [2.05, 4.69) is 0 Å². The number of rotatable bonds is 6. The molecule has 0 aliphatic carbocycles. The number of hydrogen-bond acceptors (Lipinski definition) is 2. The number of aliphatic carboxylic acids is 1. The van der Waals surface area contributed by atoms with Gasteiger partial charge in [0, 0.05) is 15.6 Å². The molecule has 0 heterocycles. The van der Waals surface area contributed by atoms with E-state index >= 15 is 0 Å². The van der Waals surface area contributed by atoms with E-state index in [0.29, 0.717) is 21.4 Å². The molecule has 5 heteroatoms. The summed E-state index contributed by atoms with van der Waals surface area (Å²) >= 11 is 12.3. The lowest BCUT2D eigenvalue weighted by molar-refractivity contribution is -0.130. The minimum Gasteiger partial charge on any atom is -0.489 e. The predicted octanol–water partition coefficient (Wildman–Crippen LogP) is 6.20. The van der Waals surface area contributed by atoms with Crippen molar-refractivity contribution in [3.05, 3.63) is 99.5 Å². The molecule has 0 aromatic heterocycles. The average Bonchev–Trinajstić information content (AvgIpc) is 2.67. The molecule has 27 heavy (non-hydrogen) atoms. The van der Waals surface area contributed by atoms with E-state index in [0.717, 1.165) is 11.1 Å². The van der Waals surface area contributed by atoms with Crippen LogP contribution in [0.5, 0.6) is 5.75 Å². The smallest absolute Gasteiger partial charge is 0.336 e. The molecule has 0 amide bonds. The highest BCUT2D eigenvalue weighted by atomic mass is 35.5. The first kappa shape index (κ1) is 19.0. The van der Waals surface area contributed by atoms with Crippen LogP contribution in [-0.2, 0) is 11.4 Å². The van der Waals surface area contributed by atoms with Gasteiger partial charge < -0.3 is 9.84 Å². The monoisotopic (exact) mass is 398 g/mol. The van der Waals surface area contributed by atoms with Gasteiger partial charge in [0.15, 0.2) is 0 Å². The molecule has 3 rings (SSSR count). The van der Waals surface area contributed by atoms with E-state index in [1.54, 1.807) is 60.7 Å². The highest BCUT2D eigenvalue weighted by Crippen LogP contribution is 2.26. The normalized spacial score (nSPS) is 11.3. The molecule has 3 aromatic rings. The van der Waals surface area contributed by atoms with Gasteiger partial charge in [-0.25, -0.2) is 4.79 Å². The Bertz CT molecular complexity index is 944. The molecule has 0 bridgehead atoms. The van der Waals surface area contributed by atoms with E-state index in [9.17, 15) is 9.90 Å². The van der Waals surface area contributed by atoms with Gasteiger partial charge in [-0.3, -0.25) is 0 Å². The van der Waals surface area contributed by atoms with Crippen molar-refractivity contribution in [2.75, 3.05) is 0 Å². The molecule has 0 fully saturated rings. The Hall–Kier alpha value is -2.75. The number of ether oxygens (including phenoxy) is 1. The Labute approximate surface area is 167 Å². The summed E-state index contributed by atoms with van der Waals surface area (Å²) in [6.45, 7) is 0.248. The summed E-state index contributed by atoms with van der Waals surface area (Å²) in [5, 5.41) is 10.6. The molecular weight excluding hydrogens is 383 g/mol. The van der Waals surface area contributed by atoms with Crippen LogP contribution in [0.4, 0.5) is 0 Å². The van der Waals surface area contributed by atoms with Gasteiger partial charge in [-0.2, -0.15) is 0 Å². The molecule has 0 aliphatic heterocycles. The number of carbonyl (C=O) groups is 1. The molecular formula is C22H16Cl2O3. The zero-order valence-electron chi connectivity index (χ0n) is 14.2. The van der Waals surface area contributed by atoms with Crippen LogP contribution in [0.3, 0.4) is 0 Å². The van der Waals surface area contributed by atoms with Gasteiger partial charge >= 0.3 is 5.97 Å². The number of carboxylic acids is 1. The molecule has 0 aliphatic rings. The zero-order chi connectivity index (χ0) is 19.2. The van der Waals surface area contributed by atoms with Crippen molar-refractivity contribution in [2.45, 2.75) is 6.61 Å². The van der Waals surface area contributed by atoms with Crippen molar-refractivity contribution in [3.8, 4) is 5.75 Å². The van der Waals surface area contributed by atoms with Crippen molar-refractivity contribution < 1.29 is 14.6 Å². The SMILES string of the molecule is O=C(O)/C(=C\c1ccc(OCc2c(Cl)cccc2Cl)cc1)c1ccccc1. The largest absolute Gasteiger partial charge is 0.489 e. The standard InChI is InChI=1S/C22H16Cl2O3/c23-20-7-4-8-21(24)19(20)14-27-17-11-9-15(10-12-17)13-18(22(25)26)16-5-2-1-3-6-16/h1-13H,14H2,(H,25,26)/b18-13-. The average molecular weight is 399 g/mol. The third-order valence-electron chi connectivity index (χ3n) is 3.95. The third kappa shape index (κ3) is 4.91. The molecule has 0 saturated heterocycles. The van der Waals surface area contributed by atoms with Crippen LogP contribution in [0.25, 0.3) is 11.6 Å². The van der Waals surface area contributed by atoms with Crippen LogP contribution in [0, 0.1) is 0 Å². The minimum absolute atomic E-state index is 0.229. The first-order chi connectivity index (χ1) is 13.0. The summed E-state index contributed by atoms with van der Waals surface area (Å²) in [5.74, 6) is -0.338. The van der Waals surface area contributed by atoms with Gasteiger partial charge in [-0.05, 0) is 41.5 Å². The summed E-state index contributed by atoms with van der Waals surface area (Å²) < 4.78 is 5.74. The van der Waals surface area contributed by atoms with E-state index in [4.69, 9.17) is 27.9 Å². The first-order valence-electron chi connectivity index (χ1n) is 8.21. The van der Waals surface area contributed by atoms with Crippen molar-refractivity contribution in [2.24, 2.45) is 0 Å². The van der Waals surface area contributed by atoms with Gasteiger partial charge in [-0.15, -0.1) is 0 Å².